The van der Waals surface area contributed by atoms with Crippen LogP contribution in [0.15, 0.2) is 18.2 Å². The van der Waals surface area contributed by atoms with E-state index in [1.807, 2.05) is 0 Å². The SMILES string of the molecule is CCNCc1cc(C)ccc1N1CCCC1(C)C. The second-order valence-corrected chi connectivity index (χ2v) is 5.98. The van der Waals surface area contributed by atoms with Crippen LogP contribution in [0.4, 0.5) is 5.69 Å². The Kier molecular flexibility index (Phi) is 3.96. The van der Waals surface area contributed by atoms with E-state index in [1.54, 1.807) is 0 Å². The van der Waals surface area contributed by atoms with Gasteiger partial charge >= 0.3 is 0 Å². The number of aryl methyl sites for hydroxylation is 1. The Bertz CT molecular complexity index is 410. The lowest BCUT2D eigenvalue weighted by Crippen LogP contribution is -2.39. The zero-order valence-corrected chi connectivity index (χ0v) is 12.2. The van der Waals surface area contributed by atoms with Crippen LogP contribution in [-0.2, 0) is 6.54 Å². The highest BCUT2D eigenvalue weighted by Crippen LogP contribution is 2.35. The molecular formula is C16H26N2. The van der Waals surface area contributed by atoms with E-state index in [0.29, 0.717) is 5.54 Å². The maximum atomic E-state index is 3.46. The van der Waals surface area contributed by atoms with Gasteiger partial charge in [-0.2, -0.15) is 0 Å². The zero-order chi connectivity index (χ0) is 13.2. The van der Waals surface area contributed by atoms with Crippen LogP contribution in [0.3, 0.4) is 0 Å². The van der Waals surface area contributed by atoms with Crippen LogP contribution >= 0.6 is 0 Å². The predicted octanol–water partition coefficient (Wildman–Crippen LogP) is 3.48. The predicted molar refractivity (Wildman–Crippen MR) is 79.2 cm³/mol. The molecule has 1 aromatic rings. The Morgan fingerprint density at radius 1 is 1.33 bits per heavy atom. The van der Waals surface area contributed by atoms with E-state index in [0.717, 1.165) is 13.1 Å². The van der Waals surface area contributed by atoms with Crippen molar-refractivity contribution in [2.75, 3.05) is 18.0 Å². The zero-order valence-electron chi connectivity index (χ0n) is 12.2. The fraction of sp³-hybridized carbons (Fsp3) is 0.625. The molecule has 100 valence electrons. The molecule has 1 fully saturated rings. The van der Waals surface area contributed by atoms with Gasteiger partial charge in [-0.15, -0.1) is 0 Å². The van der Waals surface area contributed by atoms with Crippen molar-refractivity contribution in [1.82, 2.24) is 5.32 Å². The van der Waals surface area contributed by atoms with Crippen LogP contribution in [0.5, 0.6) is 0 Å². The lowest BCUT2D eigenvalue weighted by atomic mass is 10.00. The van der Waals surface area contributed by atoms with Gasteiger partial charge < -0.3 is 10.2 Å². The average Bonchev–Trinajstić information content (AvgIpc) is 2.66. The van der Waals surface area contributed by atoms with Crippen molar-refractivity contribution in [2.45, 2.75) is 52.6 Å². The minimum Gasteiger partial charge on any atom is -0.366 e. The van der Waals surface area contributed by atoms with Gasteiger partial charge in [-0.3, -0.25) is 0 Å². The Morgan fingerprint density at radius 2 is 2.11 bits per heavy atom. The molecule has 1 aromatic carbocycles. The summed E-state index contributed by atoms with van der Waals surface area (Å²) in [7, 11) is 0. The highest BCUT2D eigenvalue weighted by Gasteiger charge is 2.32. The molecule has 1 aliphatic heterocycles. The van der Waals surface area contributed by atoms with E-state index in [9.17, 15) is 0 Å². The largest absolute Gasteiger partial charge is 0.366 e. The summed E-state index contributed by atoms with van der Waals surface area (Å²) in [5.41, 5.74) is 4.51. The molecule has 2 rings (SSSR count). The minimum absolute atomic E-state index is 0.302. The summed E-state index contributed by atoms with van der Waals surface area (Å²) in [6, 6.07) is 6.86. The molecule has 2 nitrogen and oxygen atoms in total. The van der Waals surface area contributed by atoms with Crippen molar-refractivity contribution in [3.05, 3.63) is 29.3 Å². The minimum atomic E-state index is 0.302. The number of hydrogen-bond acceptors (Lipinski definition) is 2. The van der Waals surface area contributed by atoms with Gasteiger partial charge in [-0.05, 0) is 51.8 Å². The quantitative estimate of drug-likeness (QED) is 0.875. The second-order valence-electron chi connectivity index (χ2n) is 5.98. The molecule has 0 saturated carbocycles. The van der Waals surface area contributed by atoms with Crippen molar-refractivity contribution in [3.63, 3.8) is 0 Å². The molecule has 1 N–H and O–H groups in total. The van der Waals surface area contributed by atoms with Gasteiger partial charge in [-0.1, -0.05) is 24.6 Å². The van der Waals surface area contributed by atoms with Gasteiger partial charge in [0.05, 0.1) is 0 Å². The summed E-state index contributed by atoms with van der Waals surface area (Å²) >= 11 is 0. The van der Waals surface area contributed by atoms with Gasteiger partial charge in [0.25, 0.3) is 0 Å². The van der Waals surface area contributed by atoms with Crippen molar-refractivity contribution in [1.29, 1.82) is 0 Å². The van der Waals surface area contributed by atoms with Crippen molar-refractivity contribution >= 4 is 5.69 Å². The van der Waals surface area contributed by atoms with E-state index in [1.165, 1.54) is 36.2 Å². The Labute approximate surface area is 111 Å². The van der Waals surface area contributed by atoms with Crippen LogP contribution in [0.2, 0.25) is 0 Å². The Morgan fingerprint density at radius 3 is 2.72 bits per heavy atom. The van der Waals surface area contributed by atoms with Crippen LogP contribution in [0.1, 0.15) is 44.7 Å². The number of rotatable bonds is 4. The van der Waals surface area contributed by atoms with Gasteiger partial charge in [-0.25, -0.2) is 0 Å². The molecular weight excluding hydrogens is 220 g/mol. The third kappa shape index (κ3) is 2.69. The van der Waals surface area contributed by atoms with Gasteiger partial charge in [0.1, 0.15) is 0 Å². The third-order valence-corrected chi connectivity index (χ3v) is 3.99. The maximum absolute atomic E-state index is 3.46. The average molecular weight is 246 g/mol. The van der Waals surface area contributed by atoms with Crippen molar-refractivity contribution in [2.24, 2.45) is 0 Å². The number of hydrogen-bond donors (Lipinski definition) is 1. The number of nitrogens with zero attached hydrogens (tertiary/aromatic N) is 1. The number of benzene rings is 1. The molecule has 0 aromatic heterocycles. The van der Waals surface area contributed by atoms with E-state index in [2.05, 4.69) is 56.1 Å². The molecule has 0 atom stereocenters. The normalized spacial score (nSPS) is 18.3. The molecule has 0 aliphatic carbocycles. The molecule has 1 aliphatic rings. The van der Waals surface area contributed by atoms with E-state index in [-0.39, 0.29) is 0 Å². The molecule has 0 spiro atoms. The lowest BCUT2D eigenvalue weighted by molar-refractivity contribution is 0.516. The smallest absolute Gasteiger partial charge is 0.0416 e. The van der Waals surface area contributed by atoms with Crippen LogP contribution in [0, 0.1) is 6.92 Å². The lowest BCUT2D eigenvalue weighted by Gasteiger charge is -2.35. The first kappa shape index (κ1) is 13.4. The summed E-state index contributed by atoms with van der Waals surface area (Å²) in [5, 5.41) is 3.46. The number of nitrogens with one attached hydrogen (secondary N) is 1. The van der Waals surface area contributed by atoms with Gasteiger partial charge in [0.2, 0.25) is 0 Å². The fourth-order valence-electron chi connectivity index (χ4n) is 2.93. The summed E-state index contributed by atoms with van der Waals surface area (Å²) in [5.74, 6) is 0. The van der Waals surface area contributed by atoms with E-state index in [4.69, 9.17) is 0 Å². The first-order chi connectivity index (χ1) is 8.54. The molecule has 0 amide bonds. The van der Waals surface area contributed by atoms with Crippen LogP contribution in [0.25, 0.3) is 0 Å². The summed E-state index contributed by atoms with van der Waals surface area (Å²) in [6.07, 6.45) is 2.60. The number of anilines is 1. The van der Waals surface area contributed by atoms with Gasteiger partial charge in [0, 0.05) is 24.3 Å². The molecule has 18 heavy (non-hydrogen) atoms. The molecule has 0 unspecified atom stereocenters. The highest BCUT2D eigenvalue weighted by atomic mass is 15.2. The van der Waals surface area contributed by atoms with Crippen LogP contribution in [-0.4, -0.2) is 18.6 Å². The van der Waals surface area contributed by atoms with E-state index < -0.39 is 0 Å². The second kappa shape index (κ2) is 5.31. The molecule has 0 bridgehead atoms. The topological polar surface area (TPSA) is 15.3 Å². The Hall–Kier alpha value is -1.02. The summed E-state index contributed by atoms with van der Waals surface area (Å²) < 4.78 is 0. The summed E-state index contributed by atoms with van der Waals surface area (Å²) in [4.78, 5) is 2.58. The first-order valence-corrected chi connectivity index (χ1v) is 7.12. The Balaban J connectivity index is 2.31. The molecule has 2 heteroatoms. The monoisotopic (exact) mass is 246 g/mol. The van der Waals surface area contributed by atoms with E-state index >= 15 is 0 Å². The highest BCUT2D eigenvalue weighted by molar-refractivity contribution is 5.57. The van der Waals surface area contributed by atoms with Crippen molar-refractivity contribution < 1.29 is 0 Å². The maximum Gasteiger partial charge on any atom is 0.0416 e. The van der Waals surface area contributed by atoms with Gasteiger partial charge in [0.15, 0.2) is 0 Å². The first-order valence-electron chi connectivity index (χ1n) is 7.12. The third-order valence-electron chi connectivity index (χ3n) is 3.99. The van der Waals surface area contributed by atoms with Crippen LogP contribution < -0.4 is 10.2 Å². The molecule has 0 radical (unpaired) electrons. The summed E-state index contributed by atoms with van der Waals surface area (Å²) in [6.45, 7) is 12.2. The van der Waals surface area contributed by atoms with Crippen molar-refractivity contribution in [3.8, 4) is 0 Å². The molecule has 1 saturated heterocycles. The standard InChI is InChI=1S/C16H26N2/c1-5-17-12-14-11-13(2)7-8-15(14)18-10-6-9-16(18,3)4/h7-8,11,17H,5-6,9-10,12H2,1-4H3. The fourth-order valence-corrected chi connectivity index (χ4v) is 2.93. The molecule has 1 heterocycles.